The number of fused-ring (bicyclic) bond motifs is 1. The number of hydrogen-bond donors (Lipinski definition) is 1. The average Bonchev–Trinajstić information content (AvgIpc) is 2.95. The molecule has 126 valence electrons. The molecule has 24 heavy (non-hydrogen) atoms. The van der Waals surface area contributed by atoms with Crippen LogP contribution in [-0.4, -0.2) is 17.1 Å². The van der Waals surface area contributed by atoms with E-state index in [4.69, 9.17) is 9.15 Å². The number of benzene rings is 1. The van der Waals surface area contributed by atoms with Gasteiger partial charge >= 0.3 is 0 Å². The van der Waals surface area contributed by atoms with Crippen molar-refractivity contribution in [2.45, 2.75) is 39.3 Å². The van der Waals surface area contributed by atoms with Crippen molar-refractivity contribution in [2.24, 2.45) is 0 Å². The van der Waals surface area contributed by atoms with Crippen LogP contribution in [0.2, 0.25) is 0 Å². The van der Waals surface area contributed by atoms with Crippen molar-refractivity contribution in [2.75, 3.05) is 12.4 Å². The Balaban J connectivity index is 1.81. The number of methoxy groups -OCH3 is 1. The molecule has 3 aromatic rings. The average molecular weight is 325 g/mol. The first-order chi connectivity index (χ1) is 11.5. The van der Waals surface area contributed by atoms with Crippen molar-refractivity contribution in [3.05, 3.63) is 53.7 Å². The number of nitrogens with zero attached hydrogens (tertiary/aromatic N) is 2. The lowest BCUT2D eigenvalue weighted by Crippen LogP contribution is -2.18. The van der Waals surface area contributed by atoms with E-state index in [9.17, 15) is 0 Å². The minimum absolute atomic E-state index is 0.125. The molecule has 0 atom stereocenters. The Labute approximate surface area is 142 Å². The van der Waals surface area contributed by atoms with Crippen LogP contribution < -0.4 is 5.32 Å². The number of aromatic nitrogens is 2. The molecule has 1 N–H and O–H groups in total. The van der Waals surface area contributed by atoms with E-state index in [2.05, 4.69) is 36.1 Å². The Morgan fingerprint density at radius 3 is 2.62 bits per heavy atom. The molecule has 0 saturated heterocycles. The van der Waals surface area contributed by atoms with Crippen LogP contribution in [0.5, 0.6) is 0 Å². The molecule has 5 nitrogen and oxygen atoms in total. The summed E-state index contributed by atoms with van der Waals surface area (Å²) in [5.41, 5.74) is 1.64. The topological polar surface area (TPSA) is 60.2 Å². The Morgan fingerprint density at radius 2 is 1.92 bits per heavy atom. The summed E-state index contributed by atoms with van der Waals surface area (Å²) < 4.78 is 11.1. The van der Waals surface area contributed by atoms with Gasteiger partial charge in [-0.05, 0) is 12.1 Å². The van der Waals surface area contributed by atoms with E-state index in [-0.39, 0.29) is 5.41 Å². The molecule has 0 amide bonds. The highest BCUT2D eigenvalue weighted by Gasteiger charge is 2.19. The van der Waals surface area contributed by atoms with Crippen LogP contribution in [0.15, 0.2) is 40.8 Å². The van der Waals surface area contributed by atoms with E-state index in [1.54, 1.807) is 7.11 Å². The van der Waals surface area contributed by atoms with Crippen LogP contribution in [-0.2, 0) is 23.3 Å². The van der Waals surface area contributed by atoms with Crippen LogP contribution in [0.25, 0.3) is 11.0 Å². The van der Waals surface area contributed by atoms with Gasteiger partial charge in [0.25, 0.3) is 0 Å². The van der Waals surface area contributed by atoms with Crippen molar-refractivity contribution in [1.29, 1.82) is 0 Å². The molecule has 2 aromatic heterocycles. The van der Waals surface area contributed by atoms with E-state index < -0.39 is 0 Å². The summed E-state index contributed by atoms with van der Waals surface area (Å²) in [6.45, 7) is 7.33. The summed E-state index contributed by atoms with van der Waals surface area (Å²) in [5.74, 6) is 2.45. The number of anilines is 1. The minimum Gasteiger partial charge on any atom is -0.459 e. The molecule has 1 aromatic carbocycles. The van der Waals surface area contributed by atoms with Crippen molar-refractivity contribution < 1.29 is 9.15 Å². The SMILES string of the molecule is COCc1cc(NCc2cc3ccccc3o2)nc(C(C)(C)C)n1. The second-order valence-corrected chi connectivity index (χ2v) is 6.86. The summed E-state index contributed by atoms with van der Waals surface area (Å²) in [5, 5.41) is 4.44. The molecule has 0 fully saturated rings. The summed E-state index contributed by atoms with van der Waals surface area (Å²) in [6.07, 6.45) is 0. The van der Waals surface area contributed by atoms with Crippen LogP contribution in [0, 0.1) is 0 Å². The van der Waals surface area contributed by atoms with Crippen molar-refractivity contribution in [1.82, 2.24) is 9.97 Å². The van der Waals surface area contributed by atoms with Gasteiger partial charge in [-0.3, -0.25) is 0 Å². The number of ether oxygens (including phenoxy) is 1. The third-order valence-electron chi connectivity index (χ3n) is 3.66. The Bertz CT molecular complexity index is 801. The fraction of sp³-hybridized carbons (Fsp3) is 0.368. The minimum atomic E-state index is -0.125. The fourth-order valence-corrected chi connectivity index (χ4v) is 2.45. The molecule has 0 aliphatic rings. The third kappa shape index (κ3) is 3.74. The van der Waals surface area contributed by atoms with Crippen molar-refractivity contribution in [3.8, 4) is 0 Å². The molecular weight excluding hydrogens is 302 g/mol. The Morgan fingerprint density at radius 1 is 1.12 bits per heavy atom. The maximum Gasteiger partial charge on any atom is 0.136 e. The van der Waals surface area contributed by atoms with Gasteiger partial charge in [0.2, 0.25) is 0 Å². The zero-order valence-corrected chi connectivity index (χ0v) is 14.6. The Kier molecular flexibility index (Phi) is 4.53. The molecule has 5 heteroatoms. The van der Waals surface area contributed by atoms with Gasteiger partial charge in [-0.1, -0.05) is 39.0 Å². The quantitative estimate of drug-likeness (QED) is 0.758. The first-order valence-electron chi connectivity index (χ1n) is 8.04. The molecule has 0 saturated carbocycles. The third-order valence-corrected chi connectivity index (χ3v) is 3.66. The number of hydrogen-bond acceptors (Lipinski definition) is 5. The van der Waals surface area contributed by atoms with Crippen LogP contribution in [0.4, 0.5) is 5.82 Å². The highest BCUT2D eigenvalue weighted by Crippen LogP contribution is 2.22. The lowest BCUT2D eigenvalue weighted by molar-refractivity contribution is 0.181. The number of rotatable bonds is 5. The van der Waals surface area contributed by atoms with Gasteiger partial charge < -0.3 is 14.5 Å². The molecule has 0 spiro atoms. The predicted molar refractivity (Wildman–Crippen MR) is 95.0 cm³/mol. The second-order valence-electron chi connectivity index (χ2n) is 6.86. The maximum absolute atomic E-state index is 5.83. The highest BCUT2D eigenvalue weighted by atomic mass is 16.5. The molecule has 2 heterocycles. The lowest BCUT2D eigenvalue weighted by Gasteiger charge is -2.18. The lowest BCUT2D eigenvalue weighted by atomic mass is 9.95. The van der Waals surface area contributed by atoms with Crippen LogP contribution >= 0.6 is 0 Å². The van der Waals surface area contributed by atoms with E-state index in [1.165, 1.54) is 0 Å². The summed E-state index contributed by atoms with van der Waals surface area (Å²) in [4.78, 5) is 9.22. The largest absolute Gasteiger partial charge is 0.459 e. The molecule has 0 aliphatic carbocycles. The van der Waals surface area contributed by atoms with Gasteiger partial charge in [0.05, 0.1) is 18.8 Å². The van der Waals surface area contributed by atoms with Gasteiger partial charge in [-0.15, -0.1) is 0 Å². The first-order valence-corrected chi connectivity index (χ1v) is 8.04. The first kappa shape index (κ1) is 16.5. The fourth-order valence-electron chi connectivity index (χ4n) is 2.45. The smallest absolute Gasteiger partial charge is 0.136 e. The molecular formula is C19H23N3O2. The normalized spacial score (nSPS) is 11.8. The van der Waals surface area contributed by atoms with Gasteiger partial charge in [-0.2, -0.15) is 0 Å². The van der Waals surface area contributed by atoms with Gasteiger partial charge in [0.1, 0.15) is 23.0 Å². The number of nitrogens with one attached hydrogen (secondary N) is 1. The second kappa shape index (κ2) is 6.61. The van der Waals surface area contributed by atoms with E-state index in [0.717, 1.165) is 34.1 Å². The Hall–Kier alpha value is -2.40. The van der Waals surface area contributed by atoms with Gasteiger partial charge in [0.15, 0.2) is 0 Å². The predicted octanol–water partition coefficient (Wildman–Crippen LogP) is 4.28. The van der Waals surface area contributed by atoms with E-state index in [1.807, 2.05) is 36.4 Å². The monoisotopic (exact) mass is 325 g/mol. The van der Waals surface area contributed by atoms with E-state index >= 15 is 0 Å². The summed E-state index contributed by atoms with van der Waals surface area (Å²) in [6, 6.07) is 12.0. The molecule has 0 unspecified atom stereocenters. The number of para-hydroxylation sites is 1. The standard InChI is InChI=1S/C19H23N3O2/c1-19(2,3)18-21-14(12-23-4)10-17(22-18)20-11-15-9-13-7-5-6-8-16(13)24-15/h5-10H,11-12H2,1-4H3,(H,20,21,22). The van der Waals surface area contributed by atoms with E-state index in [0.29, 0.717) is 13.2 Å². The van der Waals surface area contributed by atoms with Crippen LogP contribution in [0.1, 0.15) is 38.0 Å². The number of furan rings is 1. The molecule has 0 aliphatic heterocycles. The zero-order chi connectivity index (χ0) is 17.2. The summed E-state index contributed by atoms with van der Waals surface area (Å²) in [7, 11) is 1.67. The zero-order valence-electron chi connectivity index (χ0n) is 14.6. The van der Waals surface area contributed by atoms with Crippen LogP contribution in [0.3, 0.4) is 0 Å². The summed E-state index contributed by atoms with van der Waals surface area (Å²) >= 11 is 0. The molecule has 0 bridgehead atoms. The highest BCUT2D eigenvalue weighted by molar-refractivity contribution is 5.77. The van der Waals surface area contributed by atoms with Crippen molar-refractivity contribution in [3.63, 3.8) is 0 Å². The van der Waals surface area contributed by atoms with Gasteiger partial charge in [-0.25, -0.2) is 9.97 Å². The van der Waals surface area contributed by atoms with Crippen molar-refractivity contribution >= 4 is 16.8 Å². The molecule has 3 rings (SSSR count). The molecule has 0 radical (unpaired) electrons. The maximum atomic E-state index is 5.83. The van der Waals surface area contributed by atoms with Gasteiger partial charge in [0, 0.05) is 24.0 Å².